The van der Waals surface area contributed by atoms with E-state index in [1.54, 1.807) is 0 Å². The molecule has 1 aromatic rings. The normalized spacial score (nSPS) is 17.9. The lowest BCUT2D eigenvalue weighted by molar-refractivity contribution is -0.151. The summed E-state index contributed by atoms with van der Waals surface area (Å²) in [4.78, 5) is 0. The van der Waals surface area contributed by atoms with E-state index < -0.39 is 17.5 Å². The van der Waals surface area contributed by atoms with Crippen LogP contribution in [0.3, 0.4) is 0 Å². The van der Waals surface area contributed by atoms with Gasteiger partial charge in [0.15, 0.2) is 0 Å². The van der Waals surface area contributed by atoms with Crippen LogP contribution >= 0.6 is 0 Å². The minimum atomic E-state index is -4.32. The largest absolute Gasteiger partial charge is 0.411 e. The van der Waals surface area contributed by atoms with Gasteiger partial charge in [-0.1, -0.05) is 0 Å². The molecular weight excluding hydrogens is 236 g/mol. The number of rotatable bonds is 2. The molecule has 2 nitrogen and oxygen atoms in total. The van der Waals surface area contributed by atoms with Crippen molar-refractivity contribution in [2.75, 3.05) is 11.1 Å². The van der Waals surface area contributed by atoms with Crippen molar-refractivity contribution in [1.82, 2.24) is 0 Å². The molecule has 3 N–H and O–H groups in total. The van der Waals surface area contributed by atoms with Gasteiger partial charge in [-0.25, -0.2) is 4.39 Å². The number of halogens is 4. The molecule has 1 fully saturated rings. The molecule has 2 rings (SSSR count). The number of hydrogen-bond acceptors (Lipinski definition) is 2. The molecule has 17 heavy (non-hydrogen) atoms. The summed E-state index contributed by atoms with van der Waals surface area (Å²) >= 11 is 0. The first-order valence-electron chi connectivity index (χ1n) is 5.16. The van der Waals surface area contributed by atoms with Crippen LogP contribution in [-0.4, -0.2) is 11.7 Å². The first-order valence-corrected chi connectivity index (χ1v) is 5.16. The summed E-state index contributed by atoms with van der Waals surface area (Å²) in [6.07, 6.45) is -4.28. The van der Waals surface area contributed by atoms with Crippen LogP contribution in [-0.2, 0) is 0 Å². The van der Waals surface area contributed by atoms with E-state index in [2.05, 4.69) is 5.32 Å². The van der Waals surface area contributed by atoms with Crippen molar-refractivity contribution in [2.45, 2.75) is 31.5 Å². The average Bonchev–Trinajstić information content (AvgIpc) is 2.94. The predicted molar refractivity (Wildman–Crippen MR) is 57.2 cm³/mol. The monoisotopic (exact) mass is 248 g/mol. The van der Waals surface area contributed by atoms with Crippen molar-refractivity contribution in [1.29, 1.82) is 0 Å². The highest BCUT2D eigenvalue weighted by molar-refractivity contribution is 5.69. The predicted octanol–water partition coefficient (Wildman–Crippen LogP) is 3.22. The van der Waals surface area contributed by atoms with Crippen LogP contribution in [0.25, 0.3) is 0 Å². The fraction of sp³-hybridized carbons (Fsp3) is 0.455. The maximum Gasteiger partial charge on any atom is 0.411 e. The van der Waals surface area contributed by atoms with Crippen molar-refractivity contribution in [2.24, 2.45) is 0 Å². The highest BCUT2D eigenvalue weighted by Gasteiger charge is 2.63. The number of benzene rings is 1. The maximum absolute atomic E-state index is 13.1. The quantitative estimate of drug-likeness (QED) is 0.623. The molecule has 0 radical (unpaired) electrons. The van der Waals surface area contributed by atoms with Gasteiger partial charge in [-0.05, 0) is 37.5 Å². The summed E-state index contributed by atoms with van der Waals surface area (Å²) < 4.78 is 51.3. The second-order valence-electron chi connectivity index (χ2n) is 4.39. The number of hydrogen-bond donors (Lipinski definition) is 2. The molecule has 0 unspecified atom stereocenters. The van der Waals surface area contributed by atoms with Gasteiger partial charge >= 0.3 is 6.18 Å². The molecule has 94 valence electrons. The van der Waals surface area contributed by atoms with E-state index in [-0.39, 0.29) is 29.8 Å². The van der Waals surface area contributed by atoms with Crippen molar-refractivity contribution >= 4 is 11.4 Å². The van der Waals surface area contributed by atoms with Crippen LogP contribution in [0, 0.1) is 12.7 Å². The molecule has 0 amide bonds. The molecule has 0 spiro atoms. The van der Waals surface area contributed by atoms with Crippen LogP contribution in [0.5, 0.6) is 0 Å². The van der Waals surface area contributed by atoms with Crippen LogP contribution < -0.4 is 11.1 Å². The van der Waals surface area contributed by atoms with E-state index in [1.165, 1.54) is 13.0 Å². The van der Waals surface area contributed by atoms with Gasteiger partial charge in [0.05, 0.1) is 11.4 Å². The number of aryl methyl sites for hydroxylation is 1. The standard InChI is InChI=1S/C11H12F4N2/c1-6-4-9(8(16)5-7(6)12)17-10(2-3-10)11(13,14)15/h4-5,17H,2-3,16H2,1H3. The zero-order valence-electron chi connectivity index (χ0n) is 9.16. The van der Waals surface area contributed by atoms with E-state index in [1.807, 2.05) is 0 Å². The smallest absolute Gasteiger partial charge is 0.397 e. The minimum Gasteiger partial charge on any atom is -0.397 e. The lowest BCUT2D eigenvalue weighted by atomic mass is 10.1. The van der Waals surface area contributed by atoms with Crippen molar-refractivity contribution in [3.63, 3.8) is 0 Å². The highest BCUT2D eigenvalue weighted by Crippen LogP contribution is 2.51. The molecule has 1 aliphatic rings. The van der Waals surface area contributed by atoms with Crippen molar-refractivity contribution < 1.29 is 17.6 Å². The van der Waals surface area contributed by atoms with Crippen LogP contribution in [0.1, 0.15) is 18.4 Å². The summed E-state index contributed by atoms with van der Waals surface area (Å²) in [5.74, 6) is -0.523. The Morgan fingerprint density at radius 1 is 1.29 bits per heavy atom. The topological polar surface area (TPSA) is 38.0 Å². The third kappa shape index (κ3) is 2.03. The summed E-state index contributed by atoms with van der Waals surface area (Å²) in [5, 5.41) is 2.39. The van der Waals surface area contributed by atoms with E-state index >= 15 is 0 Å². The van der Waals surface area contributed by atoms with Gasteiger partial charge in [0.2, 0.25) is 0 Å². The Hall–Kier alpha value is -1.46. The summed E-state index contributed by atoms with van der Waals surface area (Å²) in [5.41, 5.74) is 4.01. The third-order valence-electron chi connectivity index (χ3n) is 3.00. The minimum absolute atomic E-state index is 0.0105. The first-order chi connectivity index (χ1) is 7.75. The fourth-order valence-corrected chi connectivity index (χ4v) is 1.67. The van der Waals surface area contributed by atoms with Gasteiger partial charge in [-0.15, -0.1) is 0 Å². The summed E-state index contributed by atoms with van der Waals surface area (Å²) in [7, 11) is 0. The van der Waals surface area contributed by atoms with Gasteiger partial charge in [-0.2, -0.15) is 13.2 Å². The molecule has 1 saturated carbocycles. The summed E-state index contributed by atoms with van der Waals surface area (Å²) in [6, 6.07) is 2.33. The Bertz CT molecular complexity index is 450. The Kier molecular flexibility index (Phi) is 2.48. The summed E-state index contributed by atoms with van der Waals surface area (Å²) in [6.45, 7) is 1.48. The Morgan fingerprint density at radius 3 is 2.35 bits per heavy atom. The fourth-order valence-electron chi connectivity index (χ4n) is 1.67. The SMILES string of the molecule is Cc1cc(NC2(C(F)(F)F)CC2)c(N)cc1F. The molecule has 1 aliphatic carbocycles. The molecular formula is C11H12F4N2. The number of anilines is 2. The molecule has 0 bridgehead atoms. The van der Waals surface area contributed by atoms with Gasteiger partial charge in [-0.3, -0.25) is 0 Å². The van der Waals surface area contributed by atoms with Crippen LogP contribution in [0.15, 0.2) is 12.1 Å². The third-order valence-corrected chi connectivity index (χ3v) is 3.00. The van der Waals surface area contributed by atoms with E-state index in [4.69, 9.17) is 5.73 Å². The Labute approximate surface area is 95.8 Å². The lowest BCUT2D eigenvalue weighted by Gasteiger charge is -2.23. The maximum atomic E-state index is 13.1. The molecule has 0 atom stereocenters. The second-order valence-corrected chi connectivity index (χ2v) is 4.39. The first kappa shape index (κ1) is 12.0. The molecule has 6 heteroatoms. The zero-order chi connectivity index (χ0) is 12.8. The van der Waals surface area contributed by atoms with Gasteiger partial charge in [0.1, 0.15) is 11.4 Å². The Morgan fingerprint density at radius 2 is 1.88 bits per heavy atom. The Balaban J connectivity index is 2.29. The average molecular weight is 248 g/mol. The van der Waals surface area contributed by atoms with Crippen molar-refractivity contribution in [3.05, 3.63) is 23.5 Å². The van der Waals surface area contributed by atoms with E-state index in [0.717, 1.165) is 6.07 Å². The van der Waals surface area contributed by atoms with Crippen LogP contribution in [0.2, 0.25) is 0 Å². The molecule has 0 heterocycles. The number of nitrogen functional groups attached to an aromatic ring is 1. The zero-order valence-corrected chi connectivity index (χ0v) is 9.16. The number of alkyl halides is 3. The molecule has 0 aliphatic heterocycles. The highest BCUT2D eigenvalue weighted by atomic mass is 19.4. The molecule has 0 aromatic heterocycles. The second kappa shape index (κ2) is 3.51. The van der Waals surface area contributed by atoms with Crippen LogP contribution in [0.4, 0.5) is 28.9 Å². The van der Waals surface area contributed by atoms with Crippen molar-refractivity contribution in [3.8, 4) is 0 Å². The van der Waals surface area contributed by atoms with Gasteiger partial charge in [0, 0.05) is 0 Å². The lowest BCUT2D eigenvalue weighted by Crippen LogP contribution is -2.38. The van der Waals surface area contributed by atoms with Gasteiger partial charge < -0.3 is 11.1 Å². The van der Waals surface area contributed by atoms with E-state index in [9.17, 15) is 17.6 Å². The number of nitrogens with one attached hydrogen (secondary N) is 1. The molecule has 0 saturated heterocycles. The molecule has 1 aromatic carbocycles. The number of nitrogens with two attached hydrogens (primary N) is 1. The van der Waals surface area contributed by atoms with E-state index in [0.29, 0.717) is 0 Å². The van der Waals surface area contributed by atoms with Gasteiger partial charge in [0.25, 0.3) is 0 Å².